The molecule has 1 aliphatic heterocycles. The van der Waals surface area contributed by atoms with Gasteiger partial charge in [-0.25, -0.2) is 0 Å². The van der Waals surface area contributed by atoms with E-state index in [1.165, 1.54) is 0 Å². The summed E-state index contributed by atoms with van der Waals surface area (Å²) in [5.41, 5.74) is 0.916. The molecule has 0 bridgehead atoms. The van der Waals surface area contributed by atoms with Gasteiger partial charge in [0.25, 0.3) is 0 Å². The second-order valence-corrected chi connectivity index (χ2v) is 5.12. The van der Waals surface area contributed by atoms with Crippen molar-refractivity contribution in [3.63, 3.8) is 0 Å². The molecule has 0 radical (unpaired) electrons. The van der Waals surface area contributed by atoms with Crippen molar-refractivity contribution in [2.45, 2.75) is 13.5 Å². The van der Waals surface area contributed by atoms with E-state index in [2.05, 4.69) is 0 Å². The van der Waals surface area contributed by atoms with Crippen LogP contribution in [0.15, 0.2) is 18.2 Å². The molecule has 6 heteroatoms. The van der Waals surface area contributed by atoms with Gasteiger partial charge in [-0.3, -0.25) is 14.5 Å². The fraction of sp³-hybridized carbons (Fsp3) is 0.500. The topological polar surface area (TPSA) is 65.1 Å². The Balaban J connectivity index is 2.09. The van der Waals surface area contributed by atoms with Gasteiger partial charge in [-0.2, -0.15) is 0 Å². The lowest BCUT2D eigenvalue weighted by Gasteiger charge is -2.17. The molecule has 0 N–H and O–H groups in total. The number of hydrogen-bond acceptors (Lipinski definition) is 6. The average Bonchev–Trinajstić information content (AvgIpc) is 2.88. The molecule has 0 aliphatic carbocycles. The smallest absolute Gasteiger partial charge is 0.317 e. The third-order valence-corrected chi connectivity index (χ3v) is 3.66. The number of benzene rings is 1. The molecule has 0 saturated carbocycles. The number of ether oxygens (including phenoxy) is 3. The lowest BCUT2D eigenvalue weighted by atomic mass is 10.1. The Kier molecular flexibility index (Phi) is 5.38. The molecule has 6 nitrogen and oxygen atoms in total. The summed E-state index contributed by atoms with van der Waals surface area (Å²) < 4.78 is 15.5. The molecule has 0 aromatic heterocycles. The largest absolute Gasteiger partial charge is 0.497 e. The molecule has 22 heavy (non-hydrogen) atoms. The fourth-order valence-corrected chi connectivity index (χ4v) is 2.57. The summed E-state index contributed by atoms with van der Waals surface area (Å²) in [4.78, 5) is 25.7. The molecule has 1 fully saturated rings. The number of carbonyl (C=O) groups excluding carboxylic acids is 2. The second kappa shape index (κ2) is 7.26. The minimum Gasteiger partial charge on any atom is -0.497 e. The van der Waals surface area contributed by atoms with Crippen molar-refractivity contribution in [3.8, 4) is 11.5 Å². The van der Waals surface area contributed by atoms with Crippen LogP contribution in [0.4, 0.5) is 0 Å². The maximum atomic E-state index is 12.0. The molecular formula is C16H21NO5. The number of hydrogen-bond donors (Lipinski definition) is 0. The highest BCUT2D eigenvalue weighted by Crippen LogP contribution is 2.27. The van der Waals surface area contributed by atoms with Crippen molar-refractivity contribution in [2.75, 3.05) is 33.9 Å². The van der Waals surface area contributed by atoms with Gasteiger partial charge < -0.3 is 14.2 Å². The van der Waals surface area contributed by atoms with E-state index in [0.717, 1.165) is 17.1 Å². The zero-order valence-electron chi connectivity index (χ0n) is 13.1. The Labute approximate surface area is 129 Å². The van der Waals surface area contributed by atoms with Gasteiger partial charge in [0.1, 0.15) is 17.4 Å². The minimum absolute atomic E-state index is 0.0969. The van der Waals surface area contributed by atoms with E-state index < -0.39 is 11.9 Å². The quantitative estimate of drug-likeness (QED) is 0.582. The van der Waals surface area contributed by atoms with Crippen molar-refractivity contribution in [1.29, 1.82) is 0 Å². The maximum Gasteiger partial charge on any atom is 0.317 e. The molecule has 1 aromatic carbocycles. The van der Waals surface area contributed by atoms with Crippen molar-refractivity contribution >= 4 is 11.8 Å². The third-order valence-electron chi connectivity index (χ3n) is 3.66. The highest BCUT2D eigenvalue weighted by Gasteiger charge is 2.37. The number of likely N-dealkylation sites (tertiary alicyclic amines) is 1. The summed E-state index contributed by atoms with van der Waals surface area (Å²) in [7, 11) is 3.20. The normalized spacial score (nSPS) is 18.3. The zero-order chi connectivity index (χ0) is 16.1. The Morgan fingerprint density at radius 2 is 2.09 bits per heavy atom. The Morgan fingerprint density at radius 1 is 1.32 bits per heavy atom. The van der Waals surface area contributed by atoms with Crippen LogP contribution in [0.2, 0.25) is 0 Å². The number of ketones is 1. The van der Waals surface area contributed by atoms with Crippen LogP contribution in [0.5, 0.6) is 11.5 Å². The van der Waals surface area contributed by atoms with Crippen LogP contribution in [0.3, 0.4) is 0 Å². The summed E-state index contributed by atoms with van der Waals surface area (Å²) in [6.45, 7) is 3.15. The molecule has 0 amide bonds. The summed E-state index contributed by atoms with van der Waals surface area (Å²) in [6, 6.07) is 5.52. The molecule has 1 atom stereocenters. The number of esters is 1. The highest BCUT2D eigenvalue weighted by atomic mass is 16.5. The monoisotopic (exact) mass is 307 g/mol. The van der Waals surface area contributed by atoms with E-state index in [1.807, 2.05) is 23.1 Å². The van der Waals surface area contributed by atoms with Crippen molar-refractivity contribution in [3.05, 3.63) is 23.8 Å². The summed E-state index contributed by atoms with van der Waals surface area (Å²) in [5.74, 6) is 0.237. The van der Waals surface area contributed by atoms with Gasteiger partial charge in [0, 0.05) is 18.7 Å². The van der Waals surface area contributed by atoms with E-state index in [1.54, 1.807) is 21.1 Å². The number of methoxy groups -OCH3 is 2. The molecular weight excluding hydrogens is 286 g/mol. The lowest BCUT2D eigenvalue weighted by molar-refractivity contribution is -0.149. The van der Waals surface area contributed by atoms with Crippen LogP contribution < -0.4 is 9.47 Å². The standard InChI is InChI=1S/C16H21NO5/c1-4-22-16(19)13-9-17(10-14(13)18)8-11-7-12(20-2)5-6-15(11)21-3/h5-7,13H,4,8-10H2,1-3H3. The van der Waals surface area contributed by atoms with Crippen LogP contribution in [0.25, 0.3) is 0 Å². The predicted octanol–water partition coefficient (Wildman–Crippen LogP) is 1.27. The van der Waals surface area contributed by atoms with E-state index >= 15 is 0 Å². The van der Waals surface area contributed by atoms with E-state index in [0.29, 0.717) is 13.1 Å². The molecule has 2 rings (SSSR count). The number of nitrogens with zero attached hydrogens (tertiary/aromatic N) is 1. The Bertz CT molecular complexity index is 557. The first-order valence-electron chi connectivity index (χ1n) is 7.21. The van der Waals surface area contributed by atoms with Crippen LogP contribution >= 0.6 is 0 Å². The molecule has 0 spiro atoms. The van der Waals surface area contributed by atoms with Crippen molar-refractivity contribution in [2.24, 2.45) is 5.92 Å². The molecule has 1 aromatic rings. The highest BCUT2D eigenvalue weighted by molar-refractivity contribution is 6.01. The molecule has 120 valence electrons. The average molecular weight is 307 g/mol. The predicted molar refractivity (Wildman–Crippen MR) is 80.0 cm³/mol. The molecule has 1 aliphatic rings. The first-order valence-corrected chi connectivity index (χ1v) is 7.21. The fourth-order valence-electron chi connectivity index (χ4n) is 2.57. The van der Waals surface area contributed by atoms with Gasteiger partial charge in [-0.1, -0.05) is 0 Å². The van der Waals surface area contributed by atoms with Crippen LogP contribution in [-0.2, 0) is 20.9 Å². The first kappa shape index (κ1) is 16.3. The summed E-state index contributed by atoms with van der Waals surface area (Å²) in [6.07, 6.45) is 0. The van der Waals surface area contributed by atoms with Crippen LogP contribution in [0.1, 0.15) is 12.5 Å². The van der Waals surface area contributed by atoms with Gasteiger partial charge >= 0.3 is 5.97 Å². The van der Waals surface area contributed by atoms with E-state index in [9.17, 15) is 9.59 Å². The number of rotatable bonds is 6. The van der Waals surface area contributed by atoms with Crippen LogP contribution in [-0.4, -0.2) is 50.6 Å². The van der Waals surface area contributed by atoms with Gasteiger partial charge in [0.2, 0.25) is 0 Å². The van der Waals surface area contributed by atoms with Crippen molar-refractivity contribution in [1.82, 2.24) is 4.90 Å². The second-order valence-electron chi connectivity index (χ2n) is 5.12. The van der Waals surface area contributed by atoms with E-state index in [-0.39, 0.29) is 18.9 Å². The minimum atomic E-state index is -0.684. The summed E-state index contributed by atoms with van der Waals surface area (Å²) in [5, 5.41) is 0. The number of Topliss-reactive ketones (excluding diaryl/α,β-unsaturated/α-hetero) is 1. The zero-order valence-corrected chi connectivity index (χ0v) is 13.1. The summed E-state index contributed by atoms with van der Waals surface area (Å²) >= 11 is 0. The Morgan fingerprint density at radius 3 is 2.73 bits per heavy atom. The maximum absolute atomic E-state index is 12.0. The SMILES string of the molecule is CCOC(=O)C1CN(Cc2cc(OC)ccc2OC)CC1=O. The van der Waals surface area contributed by atoms with Gasteiger partial charge in [0.15, 0.2) is 5.78 Å². The van der Waals surface area contributed by atoms with Gasteiger partial charge in [-0.05, 0) is 25.1 Å². The molecule has 1 heterocycles. The lowest BCUT2D eigenvalue weighted by Crippen LogP contribution is -2.25. The van der Waals surface area contributed by atoms with Gasteiger partial charge in [0.05, 0.1) is 27.4 Å². The molecule has 1 unspecified atom stereocenters. The van der Waals surface area contributed by atoms with E-state index in [4.69, 9.17) is 14.2 Å². The number of carbonyl (C=O) groups is 2. The van der Waals surface area contributed by atoms with Crippen molar-refractivity contribution < 1.29 is 23.8 Å². The van der Waals surface area contributed by atoms with Crippen LogP contribution in [0, 0.1) is 5.92 Å². The molecule has 1 saturated heterocycles. The van der Waals surface area contributed by atoms with Gasteiger partial charge in [-0.15, -0.1) is 0 Å². The first-order chi connectivity index (χ1) is 10.6. The third kappa shape index (κ3) is 3.57. The Hall–Kier alpha value is -2.08.